The van der Waals surface area contributed by atoms with Crippen LogP contribution < -0.4 is 5.32 Å². The van der Waals surface area contributed by atoms with Crippen molar-refractivity contribution in [3.8, 4) is 6.07 Å². The number of amides is 1. The van der Waals surface area contributed by atoms with Crippen molar-refractivity contribution >= 4 is 22.4 Å². The van der Waals surface area contributed by atoms with Crippen molar-refractivity contribution in [2.45, 2.75) is 12.8 Å². The van der Waals surface area contributed by atoms with E-state index in [1.54, 1.807) is 0 Å². The van der Waals surface area contributed by atoms with Crippen molar-refractivity contribution < 1.29 is 4.79 Å². The molecule has 13 heavy (non-hydrogen) atoms. The third-order valence-electron chi connectivity index (χ3n) is 1.98. The minimum Gasteiger partial charge on any atom is -0.299 e. The first kappa shape index (κ1) is 8.13. The molecule has 1 aliphatic rings. The van der Waals surface area contributed by atoms with Gasteiger partial charge in [-0.3, -0.25) is 10.1 Å². The zero-order chi connectivity index (χ0) is 9.31. The van der Waals surface area contributed by atoms with Crippen LogP contribution in [-0.2, 0) is 4.79 Å². The fourth-order valence-electron chi connectivity index (χ4n) is 0.959. The van der Waals surface area contributed by atoms with Gasteiger partial charge < -0.3 is 0 Å². The predicted octanol–water partition coefficient (Wildman–Crippen LogP) is 0.780. The summed E-state index contributed by atoms with van der Waals surface area (Å²) >= 11 is 1.24. The first-order valence-electron chi connectivity index (χ1n) is 3.76. The zero-order valence-electron chi connectivity index (χ0n) is 6.65. The molecule has 1 aliphatic carbocycles. The van der Waals surface area contributed by atoms with Gasteiger partial charge in [-0.1, -0.05) is 11.3 Å². The van der Waals surface area contributed by atoms with Crippen molar-refractivity contribution in [1.29, 1.82) is 5.26 Å². The molecule has 1 amide bonds. The molecule has 6 heteroatoms. The van der Waals surface area contributed by atoms with Gasteiger partial charge in [0.2, 0.25) is 11.0 Å². The van der Waals surface area contributed by atoms with Crippen LogP contribution in [0.1, 0.15) is 12.8 Å². The Labute approximate surface area is 78.4 Å². The summed E-state index contributed by atoms with van der Waals surface area (Å²) in [4.78, 5) is 11.4. The maximum atomic E-state index is 11.4. The number of aromatic nitrogens is 2. The number of nitrogens with zero attached hydrogens (tertiary/aromatic N) is 3. The van der Waals surface area contributed by atoms with Gasteiger partial charge in [0.25, 0.3) is 0 Å². The van der Waals surface area contributed by atoms with Crippen LogP contribution in [0.15, 0.2) is 5.51 Å². The van der Waals surface area contributed by atoms with Crippen LogP contribution in [0.4, 0.5) is 5.13 Å². The Kier molecular flexibility index (Phi) is 1.74. The van der Waals surface area contributed by atoms with Crippen LogP contribution in [0.2, 0.25) is 0 Å². The van der Waals surface area contributed by atoms with E-state index in [0.29, 0.717) is 18.0 Å². The van der Waals surface area contributed by atoms with E-state index in [2.05, 4.69) is 15.5 Å². The number of hydrogen-bond donors (Lipinski definition) is 1. The second-order valence-corrected chi connectivity index (χ2v) is 3.73. The van der Waals surface area contributed by atoms with Crippen LogP contribution in [-0.4, -0.2) is 16.1 Å². The summed E-state index contributed by atoms with van der Waals surface area (Å²) < 4.78 is 0. The van der Waals surface area contributed by atoms with Crippen LogP contribution in [0.25, 0.3) is 0 Å². The third-order valence-corrected chi connectivity index (χ3v) is 2.59. The van der Waals surface area contributed by atoms with Crippen LogP contribution >= 0.6 is 11.3 Å². The normalized spacial score (nSPS) is 17.5. The van der Waals surface area contributed by atoms with Crippen molar-refractivity contribution in [3.05, 3.63) is 5.51 Å². The van der Waals surface area contributed by atoms with Gasteiger partial charge in [0.15, 0.2) is 0 Å². The number of hydrogen-bond acceptors (Lipinski definition) is 5. The molecule has 1 saturated carbocycles. The largest absolute Gasteiger partial charge is 0.299 e. The predicted molar refractivity (Wildman–Crippen MR) is 45.8 cm³/mol. The fourth-order valence-corrected chi connectivity index (χ4v) is 1.40. The molecule has 0 aromatic carbocycles. The van der Waals surface area contributed by atoms with Gasteiger partial charge >= 0.3 is 0 Å². The molecular weight excluding hydrogens is 188 g/mol. The molecule has 0 aliphatic heterocycles. The molecule has 5 nitrogen and oxygen atoms in total. The Morgan fingerprint density at radius 2 is 2.54 bits per heavy atom. The molecule has 0 spiro atoms. The number of carbonyl (C=O) groups is 1. The molecule has 0 bridgehead atoms. The number of nitrogens with one attached hydrogen (secondary N) is 1. The summed E-state index contributed by atoms with van der Waals surface area (Å²) in [5, 5.41) is 19.0. The molecule has 0 saturated heterocycles. The Morgan fingerprint density at radius 3 is 3.00 bits per heavy atom. The highest BCUT2D eigenvalue weighted by molar-refractivity contribution is 7.13. The van der Waals surface area contributed by atoms with Crippen molar-refractivity contribution in [2.75, 3.05) is 5.32 Å². The molecular formula is C7H6N4OS. The van der Waals surface area contributed by atoms with Crippen LogP contribution in [0.3, 0.4) is 0 Å². The van der Waals surface area contributed by atoms with Gasteiger partial charge in [0.1, 0.15) is 10.9 Å². The SMILES string of the molecule is N#CC1(C(=O)Nc2nncs2)CC1. The quantitative estimate of drug-likeness (QED) is 0.754. The lowest BCUT2D eigenvalue weighted by molar-refractivity contribution is -0.119. The van der Waals surface area contributed by atoms with E-state index in [0.717, 1.165) is 0 Å². The monoisotopic (exact) mass is 194 g/mol. The van der Waals surface area contributed by atoms with Gasteiger partial charge in [-0.05, 0) is 12.8 Å². The van der Waals surface area contributed by atoms with E-state index in [1.165, 1.54) is 16.8 Å². The van der Waals surface area contributed by atoms with Gasteiger partial charge in [0, 0.05) is 0 Å². The average Bonchev–Trinajstić information content (AvgIpc) is 2.79. The molecule has 1 fully saturated rings. The van der Waals surface area contributed by atoms with E-state index in [9.17, 15) is 4.79 Å². The first-order chi connectivity index (χ1) is 6.27. The molecule has 1 N–H and O–H groups in total. The van der Waals surface area contributed by atoms with Crippen LogP contribution in [0.5, 0.6) is 0 Å². The number of nitriles is 1. The van der Waals surface area contributed by atoms with E-state index >= 15 is 0 Å². The van der Waals surface area contributed by atoms with Gasteiger partial charge in [-0.25, -0.2) is 0 Å². The molecule has 66 valence electrons. The lowest BCUT2D eigenvalue weighted by Crippen LogP contribution is -2.22. The minimum atomic E-state index is -0.786. The molecule has 1 heterocycles. The van der Waals surface area contributed by atoms with E-state index in [1.807, 2.05) is 6.07 Å². The molecule has 2 rings (SSSR count). The first-order valence-corrected chi connectivity index (χ1v) is 4.64. The van der Waals surface area contributed by atoms with Crippen molar-refractivity contribution in [2.24, 2.45) is 5.41 Å². The lowest BCUT2D eigenvalue weighted by atomic mass is 10.1. The third kappa shape index (κ3) is 1.38. The van der Waals surface area contributed by atoms with Gasteiger partial charge in [-0.2, -0.15) is 5.26 Å². The van der Waals surface area contributed by atoms with E-state index < -0.39 is 5.41 Å². The standard InChI is InChI=1S/C7H6N4OS/c8-3-7(1-2-7)5(12)10-6-11-9-4-13-6/h4H,1-2H2,(H,10,11,12). The van der Waals surface area contributed by atoms with Gasteiger partial charge in [0.05, 0.1) is 6.07 Å². The number of anilines is 1. The number of carbonyl (C=O) groups excluding carboxylic acids is 1. The van der Waals surface area contributed by atoms with E-state index in [-0.39, 0.29) is 5.91 Å². The zero-order valence-corrected chi connectivity index (χ0v) is 7.47. The Bertz CT molecular complexity index is 362. The van der Waals surface area contributed by atoms with Gasteiger partial charge in [-0.15, -0.1) is 10.2 Å². The Morgan fingerprint density at radius 1 is 1.77 bits per heavy atom. The fraction of sp³-hybridized carbons (Fsp3) is 0.429. The highest BCUT2D eigenvalue weighted by Crippen LogP contribution is 2.45. The Balaban J connectivity index is 2.05. The van der Waals surface area contributed by atoms with Crippen molar-refractivity contribution in [1.82, 2.24) is 10.2 Å². The summed E-state index contributed by atoms with van der Waals surface area (Å²) in [6, 6.07) is 2.01. The summed E-state index contributed by atoms with van der Waals surface area (Å²) in [6.45, 7) is 0. The topological polar surface area (TPSA) is 78.7 Å². The lowest BCUT2D eigenvalue weighted by Gasteiger charge is -2.03. The molecule has 1 aromatic rings. The van der Waals surface area contributed by atoms with Crippen molar-refractivity contribution in [3.63, 3.8) is 0 Å². The van der Waals surface area contributed by atoms with E-state index in [4.69, 9.17) is 5.26 Å². The second-order valence-electron chi connectivity index (χ2n) is 2.89. The average molecular weight is 194 g/mol. The maximum Gasteiger partial charge on any atom is 0.246 e. The highest BCUT2D eigenvalue weighted by Gasteiger charge is 2.50. The summed E-state index contributed by atoms with van der Waals surface area (Å²) in [5.74, 6) is -0.258. The smallest absolute Gasteiger partial charge is 0.246 e. The second kappa shape index (κ2) is 2.78. The maximum absolute atomic E-state index is 11.4. The molecule has 0 atom stereocenters. The summed E-state index contributed by atoms with van der Waals surface area (Å²) in [5.41, 5.74) is 0.743. The Hall–Kier alpha value is -1.48. The summed E-state index contributed by atoms with van der Waals surface area (Å²) in [7, 11) is 0. The molecule has 1 aromatic heterocycles. The molecule has 0 unspecified atom stereocenters. The summed E-state index contributed by atoms with van der Waals surface area (Å²) in [6.07, 6.45) is 1.29. The minimum absolute atomic E-state index is 0.258. The molecule has 0 radical (unpaired) electrons. The number of rotatable bonds is 2. The van der Waals surface area contributed by atoms with Crippen LogP contribution in [0, 0.1) is 16.7 Å². The highest BCUT2D eigenvalue weighted by atomic mass is 32.1.